The van der Waals surface area contributed by atoms with Crippen LogP contribution in [0.2, 0.25) is 0 Å². The lowest BCUT2D eigenvalue weighted by Gasteiger charge is -2.21. The van der Waals surface area contributed by atoms with Gasteiger partial charge in [-0.3, -0.25) is 28.3 Å². The van der Waals surface area contributed by atoms with Gasteiger partial charge in [0, 0.05) is 57.6 Å². The van der Waals surface area contributed by atoms with Crippen LogP contribution in [0.5, 0.6) is 23.0 Å². The van der Waals surface area contributed by atoms with Crippen molar-refractivity contribution in [3.63, 3.8) is 0 Å². The van der Waals surface area contributed by atoms with Crippen LogP contribution in [-0.2, 0) is 23.6 Å². The molecule has 0 spiro atoms. The summed E-state index contributed by atoms with van der Waals surface area (Å²) in [6, 6.07) is 19.4. The Bertz CT molecular complexity index is 3100. The van der Waals surface area contributed by atoms with E-state index in [-0.39, 0.29) is 88.0 Å². The van der Waals surface area contributed by atoms with Gasteiger partial charge in [-0.25, -0.2) is 17.6 Å². The van der Waals surface area contributed by atoms with Gasteiger partial charge in [0.05, 0.1) is 30.7 Å². The van der Waals surface area contributed by atoms with Gasteiger partial charge < -0.3 is 50.4 Å². The number of benzene rings is 4. The van der Waals surface area contributed by atoms with Gasteiger partial charge in [-0.15, -0.1) is 0 Å². The van der Waals surface area contributed by atoms with Crippen LogP contribution in [-0.4, -0.2) is 75.5 Å². The van der Waals surface area contributed by atoms with Crippen LogP contribution < -0.4 is 41.9 Å². The number of carbonyl (C=O) groups excluding carboxylic acids is 2. The Morgan fingerprint density at radius 1 is 0.718 bits per heavy atom. The van der Waals surface area contributed by atoms with Crippen LogP contribution in [0.1, 0.15) is 45.7 Å². The molecular weight excluding hydrogens is 1160 g/mol. The Labute approximate surface area is 431 Å². The number of amides is 2. The van der Waals surface area contributed by atoms with Gasteiger partial charge in [0.1, 0.15) is 75.1 Å². The van der Waals surface area contributed by atoms with Crippen molar-refractivity contribution in [1.29, 1.82) is 0 Å². The second-order valence-corrected chi connectivity index (χ2v) is 18.9. The van der Waals surface area contributed by atoms with Crippen molar-refractivity contribution in [3.05, 3.63) is 158 Å². The number of aromatic nitrogens is 2. The SMILES string of the molecule is Cc1c(F)cccc1Oc1cc(=O)n(C)c(Nc2ccc(I)cc2F)c1C(=O)NC[C@H](O)CO.Cc1c(F)cccc1Oc1cc(=O)n(C)c(Nc2ccc(I)cc2F)c1C(=O)NC[C@H]1COC(C)(C)O1. The summed E-state index contributed by atoms with van der Waals surface area (Å²) in [4.78, 5) is 52.2. The Hall–Kier alpha value is -6.06. The maximum atomic E-state index is 14.7. The Balaban J connectivity index is 0.000000233. The summed E-state index contributed by atoms with van der Waals surface area (Å²) in [6.45, 7) is 6.05. The molecule has 1 aliphatic rings. The third-order valence-corrected chi connectivity index (χ3v) is 12.1. The molecule has 1 saturated heterocycles. The number of ether oxygens (including phenoxy) is 4. The summed E-state index contributed by atoms with van der Waals surface area (Å²) in [5.41, 5.74) is -0.949. The van der Waals surface area contributed by atoms with E-state index in [4.69, 9.17) is 24.1 Å². The lowest BCUT2D eigenvalue weighted by molar-refractivity contribution is -0.137. The number of carbonyl (C=O) groups is 2. The Morgan fingerprint density at radius 3 is 1.58 bits per heavy atom. The van der Waals surface area contributed by atoms with E-state index in [1.54, 1.807) is 26.0 Å². The van der Waals surface area contributed by atoms with Crippen LogP contribution >= 0.6 is 45.2 Å². The van der Waals surface area contributed by atoms with Crippen molar-refractivity contribution in [2.75, 3.05) is 36.9 Å². The van der Waals surface area contributed by atoms with E-state index in [2.05, 4.69) is 21.3 Å². The molecule has 0 aliphatic carbocycles. The highest BCUT2D eigenvalue weighted by molar-refractivity contribution is 14.1. The number of hydrogen-bond donors (Lipinski definition) is 6. The molecule has 376 valence electrons. The predicted molar refractivity (Wildman–Crippen MR) is 273 cm³/mol. The van der Waals surface area contributed by atoms with E-state index < -0.39 is 70.8 Å². The maximum Gasteiger partial charge on any atom is 0.258 e. The standard InChI is InChI=1S/C26H26F2IN3O5.C23H22F2IN3O5/c1-14-17(27)6-5-7-20(14)36-21-11-22(33)32(4)24(31-19-9-8-15(29)10-18(19)28)23(21)25(34)30-12-16-13-35-26(2,3)37-16;1-12-15(24)4-3-5-18(12)34-19-9-20(32)29(2)22(21(19)23(33)27-10-14(31)11-30)28-17-7-6-13(26)8-16(17)25/h5-11,16,31H,12-13H2,1-4H3,(H,30,34);3-9,14,28,30-31H,10-11H2,1-2H3,(H,27,33)/t16-;14-/m00/s1. The minimum Gasteiger partial charge on any atom is -0.456 e. The fourth-order valence-corrected chi connectivity index (χ4v) is 7.74. The van der Waals surface area contributed by atoms with Crippen molar-refractivity contribution < 1.29 is 56.3 Å². The fraction of sp³-hybridized carbons (Fsp3) is 0.265. The molecule has 1 aliphatic heterocycles. The summed E-state index contributed by atoms with van der Waals surface area (Å²) in [5, 5.41) is 29.5. The minimum absolute atomic E-state index is 0.000977. The fourth-order valence-electron chi connectivity index (χ4n) is 6.84. The maximum absolute atomic E-state index is 14.7. The molecule has 6 N–H and O–H groups in total. The molecule has 6 aromatic rings. The first-order valence-corrected chi connectivity index (χ1v) is 23.7. The summed E-state index contributed by atoms with van der Waals surface area (Å²) in [7, 11) is 2.82. The van der Waals surface area contributed by atoms with Crippen molar-refractivity contribution in [3.8, 4) is 23.0 Å². The smallest absolute Gasteiger partial charge is 0.258 e. The number of halogens is 6. The largest absolute Gasteiger partial charge is 0.456 e. The zero-order valence-corrected chi connectivity index (χ0v) is 43.2. The molecule has 71 heavy (non-hydrogen) atoms. The monoisotopic (exact) mass is 1210 g/mol. The normalized spacial score (nSPS) is 14.2. The van der Waals surface area contributed by atoms with Gasteiger partial charge in [-0.05, 0) is 134 Å². The molecule has 2 atom stereocenters. The van der Waals surface area contributed by atoms with Crippen LogP contribution in [0.25, 0.3) is 0 Å². The Morgan fingerprint density at radius 2 is 1.17 bits per heavy atom. The predicted octanol–water partition coefficient (Wildman–Crippen LogP) is 8.19. The lowest BCUT2D eigenvalue weighted by Crippen LogP contribution is -2.36. The van der Waals surface area contributed by atoms with Crippen molar-refractivity contribution >= 4 is 80.0 Å². The average Bonchev–Trinajstić information content (AvgIpc) is 3.68. The van der Waals surface area contributed by atoms with Gasteiger partial charge >= 0.3 is 0 Å². The molecule has 0 saturated carbocycles. The number of nitrogens with zero attached hydrogens (tertiary/aromatic N) is 2. The quantitative estimate of drug-likeness (QED) is 0.0426. The molecule has 2 aromatic heterocycles. The van der Waals surface area contributed by atoms with E-state index in [1.807, 2.05) is 45.2 Å². The lowest BCUT2D eigenvalue weighted by atomic mass is 10.1. The van der Waals surface area contributed by atoms with Gasteiger partial charge in [-0.2, -0.15) is 0 Å². The van der Waals surface area contributed by atoms with Gasteiger partial charge in [-0.1, -0.05) is 12.1 Å². The van der Waals surface area contributed by atoms with Gasteiger partial charge in [0.2, 0.25) is 0 Å². The number of anilines is 4. The summed E-state index contributed by atoms with van der Waals surface area (Å²) >= 11 is 3.92. The van der Waals surface area contributed by atoms with Crippen LogP contribution in [0.15, 0.2) is 94.5 Å². The molecule has 0 bridgehead atoms. The van der Waals surface area contributed by atoms with E-state index >= 15 is 0 Å². The summed E-state index contributed by atoms with van der Waals surface area (Å²) in [6.07, 6.45) is -1.62. The van der Waals surface area contributed by atoms with E-state index in [9.17, 15) is 41.8 Å². The molecule has 22 heteroatoms. The molecule has 16 nitrogen and oxygen atoms in total. The summed E-state index contributed by atoms with van der Waals surface area (Å²) < 4.78 is 84.1. The number of aliphatic hydroxyl groups is 2. The molecule has 4 aromatic carbocycles. The molecule has 2 amide bonds. The molecule has 7 rings (SSSR count). The average molecular weight is 1210 g/mol. The second-order valence-electron chi connectivity index (χ2n) is 16.4. The highest BCUT2D eigenvalue weighted by atomic mass is 127. The molecular formula is C49H48F4I2N6O10. The third-order valence-electron chi connectivity index (χ3n) is 10.8. The first kappa shape index (κ1) is 54.3. The second kappa shape index (κ2) is 23.4. The van der Waals surface area contributed by atoms with Gasteiger partial charge in [0.25, 0.3) is 22.9 Å². The van der Waals surface area contributed by atoms with Crippen LogP contribution in [0, 0.1) is 44.3 Å². The zero-order valence-electron chi connectivity index (χ0n) is 38.9. The van der Waals surface area contributed by atoms with Crippen LogP contribution in [0.3, 0.4) is 0 Å². The van der Waals surface area contributed by atoms with E-state index in [0.717, 1.165) is 16.7 Å². The zero-order chi connectivity index (χ0) is 51.9. The van der Waals surface area contributed by atoms with Gasteiger partial charge in [0.15, 0.2) is 5.79 Å². The molecule has 0 unspecified atom stereocenters. The molecule has 3 heterocycles. The highest BCUT2D eigenvalue weighted by Gasteiger charge is 2.34. The number of pyridine rings is 2. The first-order valence-electron chi connectivity index (χ1n) is 21.5. The van der Waals surface area contributed by atoms with E-state index in [1.165, 1.54) is 93.2 Å². The summed E-state index contributed by atoms with van der Waals surface area (Å²) in [5.74, 6) is -4.62. The number of rotatable bonds is 15. The van der Waals surface area contributed by atoms with Crippen molar-refractivity contribution in [1.82, 2.24) is 19.8 Å². The van der Waals surface area contributed by atoms with Crippen LogP contribution in [0.4, 0.5) is 40.6 Å². The number of aliphatic hydroxyl groups excluding tert-OH is 2. The number of hydrogen-bond acceptors (Lipinski definition) is 12. The molecule has 0 radical (unpaired) electrons. The third kappa shape index (κ3) is 13.5. The first-order chi connectivity index (χ1) is 33.6. The Kier molecular flexibility index (Phi) is 17.9. The van der Waals surface area contributed by atoms with Crippen molar-refractivity contribution in [2.24, 2.45) is 14.1 Å². The van der Waals surface area contributed by atoms with Crippen molar-refractivity contribution in [2.45, 2.75) is 45.7 Å². The van der Waals surface area contributed by atoms with E-state index in [0.29, 0.717) is 7.14 Å². The highest BCUT2D eigenvalue weighted by Crippen LogP contribution is 2.36. The minimum atomic E-state index is -1.23. The molecule has 1 fully saturated rings. The topological polar surface area (TPSA) is 204 Å². The number of nitrogens with one attached hydrogen (secondary N) is 4.